The van der Waals surface area contributed by atoms with E-state index in [0.717, 1.165) is 0 Å². The molecular formula is C23H26N4O5S. The van der Waals surface area contributed by atoms with Crippen LogP contribution < -0.4 is 10.1 Å². The largest absolute Gasteiger partial charge is 0.495 e. The van der Waals surface area contributed by atoms with E-state index in [1.807, 2.05) is 6.07 Å². The quantitative estimate of drug-likeness (QED) is 0.587. The van der Waals surface area contributed by atoms with Gasteiger partial charge in [0.15, 0.2) is 0 Å². The van der Waals surface area contributed by atoms with Crippen molar-refractivity contribution < 1.29 is 22.5 Å². The summed E-state index contributed by atoms with van der Waals surface area (Å²) in [7, 11) is -2.29. The first-order valence-corrected chi connectivity index (χ1v) is 12.1. The van der Waals surface area contributed by atoms with E-state index in [2.05, 4.69) is 15.5 Å². The van der Waals surface area contributed by atoms with Crippen LogP contribution in [0.2, 0.25) is 0 Å². The molecule has 1 aromatic heterocycles. The zero-order valence-corrected chi connectivity index (χ0v) is 19.6. The molecule has 3 aromatic rings. The highest BCUT2D eigenvalue weighted by atomic mass is 32.2. The number of sulfonamides is 1. The Hall–Kier alpha value is -3.24. The number of para-hydroxylation sites is 2. The standard InChI is InChI=1S/C23H26N4O5S/c1-15-10-11-17(22-24-16(2)32-26-22)13-21(15)33(29,30)27-12-6-7-18(14-27)23(28)25-19-8-4-5-9-20(19)31-3/h4-5,8-11,13,18H,6-7,12,14H2,1-3H3,(H,25,28)/t18-/m0/s1. The summed E-state index contributed by atoms with van der Waals surface area (Å²) >= 11 is 0. The number of aryl methyl sites for hydroxylation is 2. The molecule has 1 fully saturated rings. The molecule has 1 aliphatic rings. The highest BCUT2D eigenvalue weighted by Gasteiger charge is 2.34. The summed E-state index contributed by atoms with van der Waals surface area (Å²) in [5.41, 5.74) is 1.72. The molecule has 10 heteroatoms. The van der Waals surface area contributed by atoms with E-state index in [9.17, 15) is 13.2 Å². The third-order valence-corrected chi connectivity index (χ3v) is 7.72. The van der Waals surface area contributed by atoms with E-state index in [-0.39, 0.29) is 17.3 Å². The molecule has 0 spiro atoms. The highest BCUT2D eigenvalue weighted by molar-refractivity contribution is 7.89. The summed E-state index contributed by atoms with van der Waals surface area (Å²) in [4.78, 5) is 17.3. The Morgan fingerprint density at radius 1 is 1.21 bits per heavy atom. The molecule has 1 saturated heterocycles. The molecule has 2 heterocycles. The molecule has 0 unspecified atom stereocenters. The van der Waals surface area contributed by atoms with Crippen molar-refractivity contribution in [2.24, 2.45) is 5.92 Å². The Balaban J connectivity index is 1.55. The summed E-state index contributed by atoms with van der Waals surface area (Å²) in [5.74, 6) is 0.579. The zero-order valence-electron chi connectivity index (χ0n) is 18.7. The van der Waals surface area contributed by atoms with Crippen molar-refractivity contribution in [3.8, 4) is 17.1 Å². The molecule has 4 rings (SSSR count). The van der Waals surface area contributed by atoms with E-state index >= 15 is 0 Å². The van der Waals surface area contributed by atoms with E-state index in [0.29, 0.717) is 53.7 Å². The molecule has 0 saturated carbocycles. The van der Waals surface area contributed by atoms with Gasteiger partial charge in [0, 0.05) is 25.6 Å². The van der Waals surface area contributed by atoms with Crippen molar-refractivity contribution in [3.05, 3.63) is 53.9 Å². The number of rotatable bonds is 6. The fraction of sp³-hybridized carbons (Fsp3) is 0.348. The Morgan fingerprint density at radius 2 is 2.00 bits per heavy atom. The van der Waals surface area contributed by atoms with Crippen molar-refractivity contribution in [1.82, 2.24) is 14.4 Å². The number of carbonyl (C=O) groups is 1. The van der Waals surface area contributed by atoms with Crippen molar-refractivity contribution in [3.63, 3.8) is 0 Å². The fourth-order valence-corrected chi connectivity index (χ4v) is 5.70. The third-order valence-electron chi connectivity index (χ3n) is 5.71. The van der Waals surface area contributed by atoms with Gasteiger partial charge in [0.25, 0.3) is 0 Å². The molecule has 9 nitrogen and oxygen atoms in total. The predicted octanol–water partition coefficient (Wildman–Crippen LogP) is 3.40. The summed E-state index contributed by atoms with van der Waals surface area (Å²) in [6.07, 6.45) is 1.19. The number of benzene rings is 2. The smallest absolute Gasteiger partial charge is 0.243 e. The molecule has 0 bridgehead atoms. The summed E-state index contributed by atoms with van der Waals surface area (Å²) in [5, 5.41) is 6.76. The number of piperidine rings is 1. The molecule has 0 aliphatic carbocycles. The molecule has 33 heavy (non-hydrogen) atoms. The van der Waals surface area contributed by atoms with Gasteiger partial charge in [-0.1, -0.05) is 29.4 Å². The van der Waals surface area contributed by atoms with Crippen LogP contribution in [0.5, 0.6) is 5.75 Å². The molecule has 2 aromatic carbocycles. The maximum absolute atomic E-state index is 13.5. The normalized spacial score (nSPS) is 17.0. The first-order chi connectivity index (χ1) is 15.8. The predicted molar refractivity (Wildman–Crippen MR) is 122 cm³/mol. The molecule has 1 N–H and O–H groups in total. The summed E-state index contributed by atoms with van der Waals surface area (Å²) < 4.78 is 38.8. The molecule has 1 aliphatic heterocycles. The van der Waals surface area contributed by atoms with Gasteiger partial charge in [-0.25, -0.2) is 8.42 Å². The van der Waals surface area contributed by atoms with Crippen LogP contribution in [-0.2, 0) is 14.8 Å². The molecule has 174 valence electrons. The number of aromatic nitrogens is 2. The minimum Gasteiger partial charge on any atom is -0.495 e. The van der Waals surface area contributed by atoms with Crippen LogP contribution in [0.15, 0.2) is 51.9 Å². The van der Waals surface area contributed by atoms with Crippen LogP contribution >= 0.6 is 0 Å². The van der Waals surface area contributed by atoms with Crippen molar-refractivity contribution in [2.45, 2.75) is 31.6 Å². The monoisotopic (exact) mass is 470 g/mol. The van der Waals surface area contributed by atoms with Gasteiger partial charge < -0.3 is 14.6 Å². The molecule has 1 atom stereocenters. The first-order valence-electron chi connectivity index (χ1n) is 10.6. The lowest BCUT2D eigenvalue weighted by molar-refractivity contribution is -0.120. The van der Waals surface area contributed by atoms with E-state index in [1.54, 1.807) is 50.2 Å². The van der Waals surface area contributed by atoms with Crippen LogP contribution in [0.25, 0.3) is 11.4 Å². The minimum atomic E-state index is -3.83. The second kappa shape index (κ2) is 9.32. The van der Waals surface area contributed by atoms with E-state index in [4.69, 9.17) is 9.26 Å². The van der Waals surface area contributed by atoms with Gasteiger partial charge in [0.2, 0.25) is 27.6 Å². The number of nitrogens with zero attached hydrogens (tertiary/aromatic N) is 3. The number of hydrogen-bond acceptors (Lipinski definition) is 7. The zero-order chi connectivity index (χ0) is 23.6. The average molecular weight is 471 g/mol. The van der Waals surface area contributed by atoms with Crippen LogP contribution in [0, 0.1) is 19.8 Å². The van der Waals surface area contributed by atoms with E-state index in [1.165, 1.54) is 11.4 Å². The maximum atomic E-state index is 13.5. The first kappa shape index (κ1) is 22.9. The number of anilines is 1. The van der Waals surface area contributed by atoms with Crippen LogP contribution in [-0.4, -0.2) is 49.0 Å². The molecule has 1 amide bonds. The SMILES string of the molecule is COc1ccccc1NC(=O)[C@H]1CCCN(S(=O)(=O)c2cc(-c3noc(C)n3)ccc2C)C1. The lowest BCUT2D eigenvalue weighted by Gasteiger charge is -2.31. The van der Waals surface area contributed by atoms with Crippen molar-refractivity contribution >= 4 is 21.6 Å². The topological polar surface area (TPSA) is 115 Å². The molecular weight excluding hydrogens is 444 g/mol. The van der Waals surface area contributed by atoms with Crippen molar-refractivity contribution in [1.29, 1.82) is 0 Å². The number of amides is 1. The lowest BCUT2D eigenvalue weighted by Crippen LogP contribution is -2.43. The van der Waals surface area contributed by atoms with Crippen molar-refractivity contribution in [2.75, 3.05) is 25.5 Å². The van der Waals surface area contributed by atoms with Gasteiger partial charge in [-0.05, 0) is 43.5 Å². The highest BCUT2D eigenvalue weighted by Crippen LogP contribution is 2.30. The van der Waals surface area contributed by atoms with Gasteiger partial charge in [-0.2, -0.15) is 9.29 Å². The number of ether oxygens (including phenoxy) is 1. The van der Waals surface area contributed by atoms with Crippen LogP contribution in [0.1, 0.15) is 24.3 Å². The summed E-state index contributed by atoms with van der Waals surface area (Å²) in [6.45, 7) is 3.88. The third kappa shape index (κ3) is 4.76. The van der Waals surface area contributed by atoms with E-state index < -0.39 is 15.9 Å². The maximum Gasteiger partial charge on any atom is 0.243 e. The lowest BCUT2D eigenvalue weighted by atomic mass is 9.98. The Morgan fingerprint density at radius 3 is 2.73 bits per heavy atom. The van der Waals surface area contributed by atoms with Gasteiger partial charge in [-0.3, -0.25) is 4.79 Å². The van der Waals surface area contributed by atoms with Gasteiger partial charge >= 0.3 is 0 Å². The van der Waals surface area contributed by atoms with Gasteiger partial charge in [-0.15, -0.1) is 0 Å². The number of carbonyl (C=O) groups excluding carboxylic acids is 1. The second-order valence-corrected chi connectivity index (χ2v) is 9.92. The number of nitrogens with one attached hydrogen (secondary N) is 1. The number of hydrogen-bond donors (Lipinski definition) is 1. The average Bonchev–Trinajstić information content (AvgIpc) is 3.26. The van der Waals surface area contributed by atoms with Crippen LogP contribution in [0.3, 0.4) is 0 Å². The fourth-order valence-electron chi connectivity index (χ4n) is 3.93. The van der Waals surface area contributed by atoms with Crippen LogP contribution in [0.4, 0.5) is 5.69 Å². The van der Waals surface area contributed by atoms with Gasteiger partial charge in [0.05, 0.1) is 23.6 Å². The Kier molecular flexibility index (Phi) is 6.48. The second-order valence-electron chi connectivity index (χ2n) is 8.01. The Labute approximate surface area is 192 Å². The Bertz CT molecular complexity index is 1270. The minimum absolute atomic E-state index is 0.105. The number of methoxy groups -OCH3 is 1. The molecule has 0 radical (unpaired) electrons. The summed E-state index contributed by atoms with van der Waals surface area (Å²) in [6, 6.07) is 12.2. The van der Waals surface area contributed by atoms with Gasteiger partial charge in [0.1, 0.15) is 5.75 Å².